The third-order valence-electron chi connectivity index (χ3n) is 2.75. The molecule has 0 N–H and O–H groups in total. The number of nitrogens with zero attached hydrogens (tertiary/aromatic N) is 1. The van der Waals surface area contributed by atoms with Crippen molar-refractivity contribution in [2.24, 2.45) is 0 Å². The lowest BCUT2D eigenvalue weighted by molar-refractivity contribution is 0.0526. The van der Waals surface area contributed by atoms with E-state index in [0.29, 0.717) is 17.2 Å². The number of carbonyl (C=O) groups excluding carboxylic acids is 1. The fourth-order valence-corrected chi connectivity index (χ4v) is 2.56. The maximum atomic E-state index is 11.8. The van der Waals surface area contributed by atoms with Gasteiger partial charge in [0.05, 0.1) is 22.7 Å². The van der Waals surface area contributed by atoms with Crippen LogP contribution in [0.15, 0.2) is 24.4 Å². The molecular weight excluding hydrogens is 330 g/mol. The van der Waals surface area contributed by atoms with Gasteiger partial charge in [0.1, 0.15) is 0 Å². The minimum absolute atomic E-state index is 0.312. The number of rotatable bonds is 4. The molecule has 0 saturated heterocycles. The summed E-state index contributed by atoms with van der Waals surface area (Å²) in [5.74, 6) is -0.437. The molecule has 0 aliphatic carbocycles. The molecule has 5 heteroatoms. The van der Waals surface area contributed by atoms with Gasteiger partial charge in [-0.3, -0.25) is 4.98 Å². The number of aryl methyl sites for hydroxylation is 1. The summed E-state index contributed by atoms with van der Waals surface area (Å²) in [7, 11) is 0. The van der Waals surface area contributed by atoms with Crippen molar-refractivity contribution in [1.82, 2.24) is 4.98 Å². The second-order valence-electron chi connectivity index (χ2n) is 4.00. The molecule has 2 aromatic rings. The first-order valence-corrected chi connectivity index (χ1v) is 7.47. The van der Waals surface area contributed by atoms with E-state index in [1.54, 1.807) is 6.92 Å². The van der Waals surface area contributed by atoms with Crippen molar-refractivity contribution in [3.63, 3.8) is 0 Å². The van der Waals surface area contributed by atoms with Gasteiger partial charge in [-0.05, 0) is 31.0 Å². The van der Waals surface area contributed by atoms with E-state index in [1.807, 2.05) is 18.2 Å². The predicted molar refractivity (Wildman–Crippen MR) is 80.2 cm³/mol. The lowest BCUT2D eigenvalue weighted by atomic mass is 10.1. The molecule has 2 rings (SSSR count). The molecule has 0 atom stereocenters. The van der Waals surface area contributed by atoms with Crippen molar-refractivity contribution in [3.05, 3.63) is 40.5 Å². The summed E-state index contributed by atoms with van der Waals surface area (Å²) in [4.78, 5) is 16.0. The number of esters is 1. The molecule has 0 amide bonds. The van der Waals surface area contributed by atoms with Crippen molar-refractivity contribution in [1.29, 1.82) is 0 Å². The Morgan fingerprint density at radius 3 is 2.95 bits per heavy atom. The fourth-order valence-electron chi connectivity index (χ4n) is 1.82. The van der Waals surface area contributed by atoms with Gasteiger partial charge < -0.3 is 4.74 Å². The van der Waals surface area contributed by atoms with Crippen molar-refractivity contribution < 1.29 is 9.53 Å². The molecule has 100 valence electrons. The average Bonchev–Trinajstić information content (AvgIpc) is 2.40. The molecule has 0 radical (unpaired) electrons. The van der Waals surface area contributed by atoms with Gasteiger partial charge in [0.15, 0.2) is 0 Å². The Bertz CT molecular complexity index is 616. The van der Waals surface area contributed by atoms with Gasteiger partial charge in [-0.1, -0.05) is 33.6 Å². The molecule has 1 heterocycles. The lowest BCUT2D eigenvalue weighted by Crippen LogP contribution is -2.06. The first kappa shape index (κ1) is 14.3. The Labute approximate surface area is 125 Å². The van der Waals surface area contributed by atoms with Gasteiger partial charge in [-0.15, -0.1) is 0 Å². The number of alkyl halides is 1. The summed E-state index contributed by atoms with van der Waals surface area (Å²) in [6.07, 6.45) is 2.36. The van der Waals surface area contributed by atoms with Crippen molar-refractivity contribution in [3.8, 4) is 0 Å². The van der Waals surface area contributed by atoms with Gasteiger partial charge in [0, 0.05) is 16.9 Å². The van der Waals surface area contributed by atoms with Crippen LogP contribution >= 0.6 is 27.5 Å². The van der Waals surface area contributed by atoms with Gasteiger partial charge in [-0.2, -0.15) is 0 Å². The SMILES string of the molecule is CCOC(=O)c1cnc2ccc(CCBr)cc2c1Cl. The first-order chi connectivity index (χ1) is 9.17. The smallest absolute Gasteiger partial charge is 0.341 e. The normalized spacial score (nSPS) is 10.7. The monoisotopic (exact) mass is 341 g/mol. The third kappa shape index (κ3) is 3.07. The Morgan fingerprint density at radius 2 is 2.26 bits per heavy atom. The Balaban J connectivity index is 2.52. The molecule has 0 unspecified atom stereocenters. The number of fused-ring (bicyclic) bond motifs is 1. The number of pyridine rings is 1. The van der Waals surface area contributed by atoms with Gasteiger partial charge in [0.25, 0.3) is 0 Å². The summed E-state index contributed by atoms with van der Waals surface area (Å²) in [6, 6.07) is 5.89. The summed E-state index contributed by atoms with van der Waals surface area (Å²) >= 11 is 9.70. The minimum atomic E-state index is -0.437. The lowest BCUT2D eigenvalue weighted by Gasteiger charge is -2.08. The number of aromatic nitrogens is 1. The van der Waals surface area contributed by atoms with Gasteiger partial charge in [0.2, 0.25) is 0 Å². The Morgan fingerprint density at radius 1 is 1.47 bits per heavy atom. The third-order valence-corrected chi connectivity index (χ3v) is 3.55. The number of hydrogen-bond acceptors (Lipinski definition) is 3. The minimum Gasteiger partial charge on any atom is -0.462 e. The van der Waals surface area contributed by atoms with Crippen molar-refractivity contribution >= 4 is 44.4 Å². The Kier molecular flexibility index (Phi) is 4.77. The van der Waals surface area contributed by atoms with Crippen molar-refractivity contribution in [2.45, 2.75) is 13.3 Å². The van der Waals surface area contributed by atoms with E-state index in [0.717, 1.165) is 28.2 Å². The van der Waals surface area contributed by atoms with Crippen LogP contribution in [0.5, 0.6) is 0 Å². The van der Waals surface area contributed by atoms with E-state index in [4.69, 9.17) is 16.3 Å². The summed E-state index contributed by atoms with van der Waals surface area (Å²) < 4.78 is 4.96. The second kappa shape index (κ2) is 6.35. The molecule has 0 fully saturated rings. The average molecular weight is 343 g/mol. The highest BCUT2D eigenvalue weighted by Gasteiger charge is 2.15. The van der Waals surface area contributed by atoms with Crippen LogP contribution in [0.4, 0.5) is 0 Å². The van der Waals surface area contributed by atoms with Crippen LogP contribution in [-0.4, -0.2) is 22.9 Å². The molecule has 3 nitrogen and oxygen atoms in total. The van der Waals surface area contributed by atoms with Crippen LogP contribution in [0.1, 0.15) is 22.8 Å². The van der Waals surface area contributed by atoms with E-state index in [1.165, 1.54) is 6.20 Å². The van der Waals surface area contributed by atoms with E-state index >= 15 is 0 Å². The van der Waals surface area contributed by atoms with E-state index in [9.17, 15) is 4.79 Å². The van der Waals surface area contributed by atoms with E-state index in [2.05, 4.69) is 20.9 Å². The standard InChI is InChI=1S/C14H13BrClNO2/c1-2-19-14(18)11-8-17-12-4-3-9(5-6-15)7-10(12)13(11)16/h3-4,7-8H,2,5-6H2,1H3. The molecule has 1 aromatic carbocycles. The Hall–Kier alpha value is -1.13. The van der Waals surface area contributed by atoms with Crippen LogP contribution in [0.3, 0.4) is 0 Å². The molecule has 0 bridgehead atoms. The van der Waals surface area contributed by atoms with Crippen molar-refractivity contribution in [2.75, 3.05) is 11.9 Å². The summed E-state index contributed by atoms with van der Waals surface area (Å²) in [6.45, 7) is 2.07. The first-order valence-electron chi connectivity index (χ1n) is 5.97. The molecular formula is C14H13BrClNO2. The van der Waals surface area contributed by atoms with Crippen LogP contribution in [0.2, 0.25) is 5.02 Å². The van der Waals surface area contributed by atoms with Gasteiger partial charge in [-0.25, -0.2) is 4.79 Å². The number of carbonyl (C=O) groups is 1. The fraction of sp³-hybridized carbons (Fsp3) is 0.286. The molecule has 19 heavy (non-hydrogen) atoms. The number of ether oxygens (including phenoxy) is 1. The quantitative estimate of drug-likeness (QED) is 0.623. The van der Waals surface area contributed by atoms with Crippen LogP contribution in [0.25, 0.3) is 10.9 Å². The highest BCUT2D eigenvalue weighted by atomic mass is 79.9. The molecule has 1 aromatic heterocycles. The maximum Gasteiger partial charge on any atom is 0.341 e. The second-order valence-corrected chi connectivity index (χ2v) is 5.17. The summed E-state index contributed by atoms with van der Waals surface area (Å²) in [5, 5.41) is 2.06. The number of benzene rings is 1. The molecule has 0 aliphatic heterocycles. The van der Waals surface area contributed by atoms with E-state index < -0.39 is 5.97 Å². The number of halogens is 2. The molecule has 0 spiro atoms. The van der Waals surface area contributed by atoms with Crippen LogP contribution in [-0.2, 0) is 11.2 Å². The van der Waals surface area contributed by atoms with Crippen LogP contribution < -0.4 is 0 Å². The zero-order valence-corrected chi connectivity index (χ0v) is 12.8. The maximum absolute atomic E-state index is 11.8. The largest absolute Gasteiger partial charge is 0.462 e. The summed E-state index contributed by atoms with van der Waals surface area (Å²) in [5.41, 5.74) is 2.23. The molecule has 0 saturated carbocycles. The topological polar surface area (TPSA) is 39.2 Å². The zero-order valence-electron chi connectivity index (χ0n) is 10.5. The zero-order chi connectivity index (χ0) is 13.8. The predicted octanol–water partition coefficient (Wildman–Crippen LogP) is 4.00. The van der Waals surface area contributed by atoms with Gasteiger partial charge >= 0.3 is 5.97 Å². The van der Waals surface area contributed by atoms with Crippen LogP contribution in [0, 0.1) is 0 Å². The highest BCUT2D eigenvalue weighted by Crippen LogP contribution is 2.27. The van der Waals surface area contributed by atoms with E-state index in [-0.39, 0.29) is 0 Å². The number of hydrogen-bond donors (Lipinski definition) is 0. The highest BCUT2D eigenvalue weighted by molar-refractivity contribution is 9.09. The molecule has 0 aliphatic rings.